The Labute approximate surface area is 85.3 Å². The maximum absolute atomic E-state index is 11.2. The summed E-state index contributed by atoms with van der Waals surface area (Å²) in [4.78, 5) is 11.2. The Hall–Kier alpha value is -0.630. The zero-order valence-corrected chi connectivity index (χ0v) is 8.63. The maximum atomic E-state index is 11.2. The average molecular weight is 194 g/mol. The van der Waals surface area contributed by atoms with E-state index in [2.05, 4.69) is 0 Å². The van der Waals surface area contributed by atoms with Crippen molar-refractivity contribution in [1.29, 1.82) is 0 Å². The third-order valence-corrected chi connectivity index (χ3v) is 3.10. The molecule has 0 amide bonds. The second-order valence-corrected chi connectivity index (χ2v) is 4.30. The molecular weight excluding hydrogens is 176 g/mol. The Morgan fingerprint density at radius 3 is 3.00 bits per heavy atom. The van der Waals surface area contributed by atoms with Crippen molar-refractivity contribution in [2.24, 2.45) is 0 Å². The Morgan fingerprint density at radius 1 is 1.36 bits per heavy atom. The van der Waals surface area contributed by atoms with E-state index in [1.54, 1.807) is 0 Å². The summed E-state index contributed by atoms with van der Waals surface area (Å²) in [6.45, 7) is 0.933. The van der Waals surface area contributed by atoms with Crippen LogP contribution in [0.25, 0.3) is 0 Å². The molecule has 0 N–H and O–H groups in total. The summed E-state index contributed by atoms with van der Waals surface area (Å²) in [5.41, 5.74) is 1.34. The fraction of sp³-hybridized carbons (Fsp3) is 0.750. The van der Waals surface area contributed by atoms with Crippen LogP contribution in [0.3, 0.4) is 0 Å². The number of ether oxygens (including phenoxy) is 1. The molecule has 78 valence electrons. The monoisotopic (exact) mass is 194 g/mol. The molecule has 0 aromatic heterocycles. The van der Waals surface area contributed by atoms with Gasteiger partial charge in [0.15, 0.2) is 5.78 Å². The van der Waals surface area contributed by atoms with Gasteiger partial charge in [-0.3, -0.25) is 4.79 Å². The minimum Gasteiger partial charge on any atom is -0.378 e. The number of hydrogen-bond acceptors (Lipinski definition) is 2. The van der Waals surface area contributed by atoms with E-state index in [1.807, 2.05) is 6.08 Å². The summed E-state index contributed by atoms with van der Waals surface area (Å²) in [5.74, 6) is 0.318. The summed E-state index contributed by atoms with van der Waals surface area (Å²) in [6.07, 6.45) is 9.85. The molecule has 1 unspecified atom stereocenters. The highest BCUT2D eigenvalue weighted by Gasteiger charge is 2.17. The first-order valence-electron chi connectivity index (χ1n) is 5.68. The summed E-state index contributed by atoms with van der Waals surface area (Å²) < 4.78 is 5.56. The van der Waals surface area contributed by atoms with E-state index < -0.39 is 0 Å². The van der Waals surface area contributed by atoms with Crippen molar-refractivity contribution in [3.63, 3.8) is 0 Å². The Morgan fingerprint density at radius 2 is 2.29 bits per heavy atom. The third-order valence-electron chi connectivity index (χ3n) is 3.10. The smallest absolute Gasteiger partial charge is 0.155 e. The van der Waals surface area contributed by atoms with Crippen LogP contribution in [0.4, 0.5) is 0 Å². The van der Waals surface area contributed by atoms with Gasteiger partial charge >= 0.3 is 0 Å². The molecular formula is C12H18O2. The molecule has 0 radical (unpaired) electrons. The number of hydrogen-bond donors (Lipinski definition) is 0. The quantitative estimate of drug-likeness (QED) is 0.690. The third kappa shape index (κ3) is 2.68. The van der Waals surface area contributed by atoms with E-state index in [1.165, 1.54) is 18.4 Å². The maximum Gasteiger partial charge on any atom is 0.155 e. The Bertz CT molecular complexity index is 237. The van der Waals surface area contributed by atoms with Gasteiger partial charge in [0.25, 0.3) is 0 Å². The molecule has 0 aromatic rings. The van der Waals surface area contributed by atoms with Gasteiger partial charge in [-0.1, -0.05) is 5.57 Å². The normalized spacial score (nSPS) is 27.9. The molecule has 1 fully saturated rings. The second-order valence-electron chi connectivity index (χ2n) is 4.30. The van der Waals surface area contributed by atoms with Crippen LogP contribution in [-0.2, 0) is 9.53 Å². The van der Waals surface area contributed by atoms with Crippen LogP contribution >= 0.6 is 0 Å². The van der Waals surface area contributed by atoms with Gasteiger partial charge in [-0.15, -0.1) is 0 Å². The van der Waals surface area contributed by atoms with Gasteiger partial charge in [0, 0.05) is 13.0 Å². The fourth-order valence-corrected chi connectivity index (χ4v) is 2.28. The van der Waals surface area contributed by atoms with Gasteiger partial charge in [0.2, 0.25) is 0 Å². The van der Waals surface area contributed by atoms with Crippen molar-refractivity contribution in [2.45, 2.75) is 51.0 Å². The molecule has 2 heteroatoms. The molecule has 1 heterocycles. The van der Waals surface area contributed by atoms with Crippen LogP contribution in [0.15, 0.2) is 11.6 Å². The van der Waals surface area contributed by atoms with Crippen LogP contribution in [0.1, 0.15) is 44.9 Å². The zero-order chi connectivity index (χ0) is 9.80. The van der Waals surface area contributed by atoms with E-state index in [9.17, 15) is 4.79 Å². The lowest BCUT2D eigenvalue weighted by molar-refractivity contribution is -0.115. The van der Waals surface area contributed by atoms with Gasteiger partial charge in [-0.05, 0) is 44.6 Å². The van der Waals surface area contributed by atoms with Crippen LogP contribution in [-0.4, -0.2) is 18.5 Å². The molecule has 1 aliphatic carbocycles. The van der Waals surface area contributed by atoms with Crippen molar-refractivity contribution < 1.29 is 9.53 Å². The number of rotatable bonds is 3. The van der Waals surface area contributed by atoms with E-state index >= 15 is 0 Å². The highest BCUT2D eigenvalue weighted by atomic mass is 16.5. The number of carbonyl (C=O) groups is 1. The van der Waals surface area contributed by atoms with Gasteiger partial charge in [0.1, 0.15) is 0 Å². The van der Waals surface area contributed by atoms with E-state index in [-0.39, 0.29) is 0 Å². The number of ketones is 1. The van der Waals surface area contributed by atoms with Gasteiger partial charge in [-0.2, -0.15) is 0 Å². The highest BCUT2D eigenvalue weighted by Crippen LogP contribution is 2.24. The number of allylic oxidation sites excluding steroid dienone is 2. The molecule has 2 rings (SSSR count). The van der Waals surface area contributed by atoms with E-state index in [0.29, 0.717) is 11.9 Å². The molecule has 0 bridgehead atoms. The minimum atomic E-state index is 0.318. The molecule has 14 heavy (non-hydrogen) atoms. The molecule has 1 aliphatic heterocycles. The topological polar surface area (TPSA) is 26.3 Å². The second kappa shape index (κ2) is 4.74. The van der Waals surface area contributed by atoms with Crippen LogP contribution < -0.4 is 0 Å². The zero-order valence-electron chi connectivity index (χ0n) is 8.63. The predicted molar refractivity (Wildman–Crippen MR) is 55.1 cm³/mol. The molecule has 0 spiro atoms. The first-order valence-corrected chi connectivity index (χ1v) is 5.68. The summed E-state index contributed by atoms with van der Waals surface area (Å²) >= 11 is 0. The van der Waals surface area contributed by atoms with E-state index in [4.69, 9.17) is 4.74 Å². The van der Waals surface area contributed by atoms with Crippen LogP contribution in [0.2, 0.25) is 0 Å². The minimum absolute atomic E-state index is 0.318. The molecule has 1 saturated heterocycles. The van der Waals surface area contributed by atoms with Crippen molar-refractivity contribution in [3.8, 4) is 0 Å². The van der Waals surface area contributed by atoms with E-state index in [0.717, 1.165) is 38.7 Å². The van der Waals surface area contributed by atoms with Gasteiger partial charge in [-0.25, -0.2) is 0 Å². The van der Waals surface area contributed by atoms with Crippen molar-refractivity contribution in [1.82, 2.24) is 0 Å². The van der Waals surface area contributed by atoms with Crippen molar-refractivity contribution in [3.05, 3.63) is 11.6 Å². The standard InChI is InChI=1S/C12H18O2/c13-11-4-1-3-10(9-11)6-7-12-5-2-8-14-12/h9,12H,1-8H2. The Balaban J connectivity index is 1.76. The van der Waals surface area contributed by atoms with Crippen molar-refractivity contribution >= 4 is 5.78 Å². The number of carbonyl (C=O) groups excluding carboxylic acids is 1. The predicted octanol–water partition coefficient (Wildman–Crippen LogP) is 2.63. The average Bonchev–Trinajstić information content (AvgIpc) is 2.67. The first kappa shape index (κ1) is 9.91. The van der Waals surface area contributed by atoms with Crippen LogP contribution in [0.5, 0.6) is 0 Å². The van der Waals surface area contributed by atoms with Gasteiger partial charge in [0.05, 0.1) is 6.10 Å². The summed E-state index contributed by atoms with van der Waals surface area (Å²) in [6, 6.07) is 0. The Kier molecular flexibility index (Phi) is 3.35. The van der Waals surface area contributed by atoms with Gasteiger partial charge < -0.3 is 4.74 Å². The lowest BCUT2D eigenvalue weighted by atomic mass is 9.94. The fourth-order valence-electron chi connectivity index (χ4n) is 2.28. The summed E-state index contributed by atoms with van der Waals surface area (Å²) in [7, 11) is 0. The molecule has 2 nitrogen and oxygen atoms in total. The first-order chi connectivity index (χ1) is 6.84. The molecule has 0 aromatic carbocycles. The van der Waals surface area contributed by atoms with Crippen molar-refractivity contribution in [2.75, 3.05) is 6.61 Å². The molecule has 0 saturated carbocycles. The largest absolute Gasteiger partial charge is 0.378 e. The summed E-state index contributed by atoms with van der Waals surface area (Å²) in [5, 5.41) is 0. The lowest BCUT2D eigenvalue weighted by Crippen LogP contribution is -2.08. The lowest BCUT2D eigenvalue weighted by Gasteiger charge is -2.14. The highest BCUT2D eigenvalue weighted by molar-refractivity contribution is 5.91. The SMILES string of the molecule is O=C1C=C(CCC2CCCO2)CCC1. The molecule has 1 atom stereocenters. The van der Waals surface area contributed by atoms with Crippen LogP contribution in [0, 0.1) is 0 Å². The molecule has 2 aliphatic rings.